The summed E-state index contributed by atoms with van der Waals surface area (Å²) in [5.41, 5.74) is -1.59. The minimum atomic E-state index is -0.918. The Hall–Kier alpha value is -8.60. The topological polar surface area (TPSA) is 34.5 Å². The Morgan fingerprint density at radius 2 is 0.969 bits per heavy atom. The molecule has 3 heterocycles. The van der Waals surface area contributed by atoms with Crippen molar-refractivity contribution < 1.29 is 36.2 Å². The van der Waals surface area contributed by atoms with E-state index in [4.69, 9.17) is 23.9 Å². The molecule has 10 aromatic carbocycles. The third kappa shape index (κ3) is 5.63. The molecule has 0 amide bonds. The largest absolute Gasteiger partial charge is 0.455 e. The van der Waals surface area contributed by atoms with Crippen molar-refractivity contribution in [2.24, 2.45) is 0 Å². The normalized spacial score (nSPS) is 16.1. The van der Waals surface area contributed by atoms with E-state index in [1.54, 1.807) is 36.4 Å². The van der Waals surface area contributed by atoms with Crippen molar-refractivity contribution in [2.45, 2.75) is 0 Å². The molecule has 0 fully saturated rings. The number of para-hydroxylation sites is 6. The van der Waals surface area contributed by atoms with E-state index in [9.17, 15) is 12.3 Å². The molecule has 0 radical (unpaired) electrons. The molecule has 0 saturated heterocycles. The van der Waals surface area contributed by atoms with Gasteiger partial charge in [-0.05, 0) is 83.3 Å². The third-order valence-electron chi connectivity index (χ3n) is 11.4. The molecular weight excluding hydrogens is 781 g/mol. The summed E-state index contributed by atoms with van der Waals surface area (Å²) in [6.45, 7) is 0. The lowest BCUT2D eigenvalue weighted by Crippen LogP contribution is -2.12. The van der Waals surface area contributed by atoms with Crippen LogP contribution >= 0.6 is 0 Å². The molecule has 0 aliphatic heterocycles. The standard InChI is InChI=1S/C60H38N2O2/c1-2-15-39(16-3-1)40-29-33-42(34-30-40)61(43-35-31-41(32-36-43)44-22-14-23-49-47-19-7-12-27-56(47)63-59(44)49)55-38-37-50-48-20-8-13-28-57(48)64-60(50)58(55)51-21-6-11-26-54(51)62-52-24-9-4-17-45(52)46-18-5-10-25-53(46)62/h1-38H/i1D,2D,3D,7D,12D,14D,15D,16D,19D,22D,23D,27D,29D,30D,31D,32D,33D,34D,35D,36D. The highest BCUT2D eigenvalue weighted by Gasteiger charge is 2.26. The van der Waals surface area contributed by atoms with Crippen LogP contribution in [0.25, 0.3) is 105 Å². The van der Waals surface area contributed by atoms with Gasteiger partial charge in [-0.1, -0.05) is 163 Å². The van der Waals surface area contributed by atoms with E-state index in [0.29, 0.717) is 27.6 Å². The smallest absolute Gasteiger partial charge is 0.145 e. The molecule has 0 aliphatic carbocycles. The van der Waals surface area contributed by atoms with E-state index >= 15 is 0 Å². The fourth-order valence-electron chi connectivity index (χ4n) is 8.60. The minimum Gasteiger partial charge on any atom is -0.455 e. The van der Waals surface area contributed by atoms with Gasteiger partial charge in [0.1, 0.15) is 22.3 Å². The zero-order valence-corrected chi connectivity index (χ0v) is 33.1. The summed E-state index contributed by atoms with van der Waals surface area (Å²) < 4.78 is 198. The van der Waals surface area contributed by atoms with E-state index in [0.717, 1.165) is 26.7 Å². The molecule has 0 bridgehead atoms. The van der Waals surface area contributed by atoms with Gasteiger partial charge in [-0.15, -0.1) is 0 Å². The van der Waals surface area contributed by atoms with Gasteiger partial charge in [0.15, 0.2) is 0 Å². The van der Waals surface area contributed by atoms with Gasteiger partial charge < -0.3 is 18.3 Å². The molecule has 300 valence electrons. The Labute approximate surface area is 397 Å². The first-order valence-corrected chi connectivity index (χ1v) is 20.1. The summed E-state index contributed by atoms with van der Waals surface area (Å²) in [4.78, 5) is 1.03. The van der Waals surface area contributed by atoms with Crippen LogP contribution in [0.1, 0.15) is 27.4 Å². The number of benzene rings is 10. The van der Waals surface area contributed by atoms with Crippen LogP contribution in [-0.2, 0) is 0 Å². The maximum absolute atomic E-state index is 10.1. The van der Waals surface area contributed by atoms with Gasteiger partial charge in [-0.3, -0.25) is 0 Å². The highest BCUT2D eigenvalue weighted by molar-refractivity contribution is 6.15. The zero-order chi connectivity index (χ0) is 59.5. The molecule has 0 atom stereocenters. The number of furan rings is 2. The summed E-state index contributed by atoms with van der Waals surface area (Å²) in [6.07, 6.45) is 0. The molecule has 0 unspecified atom stereocenters. The van der Waals surface area contributed by atoms with Gasteiger partial charge in [-0.2, -0.15) is 0 Å². The Bertz CT molecular complexity index is 4980. The van der Waals surface area contributed by atoms with Crippen molar-refractivity contribution in [1.82, 2.24) is 4.57 Å². The SMILES string of the molecule is [2H]c1c([2H])c([2H])c(-c2c([2H])c([2H])c(N(c3ccc4c(oc5ccccc54)c3-c3ccccc3-n3c4ccccc4c4ccccc43)c3c([2H])c([2H])c(-c4c([2H])c([2H])c([2H])c5c4oc4c([2H])c([2H])c([2H])c([2H])c45)c([2H])c3[2H])c([2H])c2[2H])c([2H])c1[2H]. The molecule has 4 heteroatoms. The molecule has 4 nitrogen and oxygen atoms in total. The van der Waals surface area contributed by atoms with Gasteiger partial charge in [0.05, 0.1) is 55.4 Å². The van der Waals surface area contributed by atoms with Crippen molar-refractivity contribution in [3.8, 4) is 39.1 Å². The molecule has 0 saturated carbocycles. The maximum atomic E-state index is 10.1. The predicted octanol–water partition coefficient (Wildman–Crippen LogP) is 17.1. The number of hydrogen-bond donors (Lipinski definition) is 0. The zero-order valence-electron chi connectivity index (χ0n) is 53.1. The Kier molecular flexibility index (Phi) is 4.87. The number of hydrogen-bond acceptors (Lipinski definition) is 3. The molecule has 0 spiro atoms. The summed E-state index contributed by atoms with van der Waals surface area (Å²) in [5.74, 6) is 0. The molecule has 13 rings (SSSR count). The van der Waals surface area contributed by atoms with Crippen LogP contribution in [0.5, 0.6) is 0 Å². The molecule has 3 aromatic heterocycles. The van der Waals surface area contributed by atoms with E-state index in [1.165, 1.54) is 0 Å². The van der Waals surface area contributed by atoms with Crippen LogP contribution in [0.2, 0.25) is 0 Å². The van der Waals surface area contributed by atoms with Gasteiger partial charge in [0, 0.05) is 54.8 Å². The Balaban J connectivity index is 1.19. The second-order valence-electron chi connectivity index (χ2n) is 14.9. The molecule has 0 aliphatic rings. The second-order valence-corrected chi connectivity index (χ2v) is 14.9. The molecule has 0 N–H and O–H groups in total. The second kappa shape index (κ2) is 14.5. The van der Waals surface area contributed by atoms with E-state index in [-0.39, 0.29) is 27.6 Å². The first-order chi connectivity index (χ1) is 40.1. The van der Waals surface area contributed by atoms with Gasteiger partial charge in [-0.25, -0.2) is 0 Å². The predicted molar refractivity (Wildman–Crippen MR) is 266 cm³/mol. The Morgan fingerprint density at radius 1 is 0.375 bits per heavy atom. The average Bonchev–Trinajstić information content (AvgIpc) is 1.80. The van der Waals surface area contributed by atoms with Crippen molar-refractivity contribution in [1.29, 1.82) is 0 Å². The fourth-order valence-corrected chi connectivity index (χ4v) is 8.60. The van der Waals surface area contributed by atoms with Crippen molar-refractivity contribution in [3.05, 3.63) is 230 Å². The number of fused-ring (bicyclic) bond motifs is 9. The number of aromatic nitrogens is 1. The summed E-state index contributed by atoms with van der Waals surface area (Å²) in [6, 6.07) is 16.8. The van der Waals surface area contributed by atoms with Crippen molar-refractivity contribution in [3.63, 3.8) is 0 Å². The number of anilines is 3. The monoisotopic (exact) mass is 838 g/mol. The summed E-state index contributed by atoms with van der Waals surface area (Å²) in [5, 5.41) is 2.35. The van der Waals surface area contributed by atoms with Gasteiger partial charge >= 0.3 is 0 Å². The van der Waals surface area contributed by atoms with Crippen molar-refractivity contribution in [2.75, 3.05) is 4.90 Å². The molecule has 13 aromatic rings. The van der Waals surface area contributed by atoms with Crippen LogP contribution in [0, 0.1) is 0 Å². The first-order valence-electron chi connectivity index (χ1n) is 30.1. The van der Waals surface area contributed by atoms with E-state index in [1.807, 2.05) is 77.4 Å². The lowest BCUT2D eigenvalue weighted by Gasteiger charge is -2.29. The Morgan fingerprint density at radius 3 is 1.73 bits per heavy atom. The van der Waals surface area contributed by atoms with E-state index < -0.39 is 166 Å². The van der Waals surface area contributed by atoms with E-state index in [2.05, 4.69) is 0 Å². The minimum absolute atomic E-state index is 0.0871. The average molecular weight is 839 g/mol. The third-order valence-corrected chi connectivity index (χ3v) is 11.4. The highest BCUT2D eigenvalue weighted by Crippen LogP contribution is 2.49. The highest BCUT2D eigenvalue weighted by atomic mass is 16.3. The number of rotatable bonds is 7. The van der Waals surface area contributed by atoms with Crippen LogP contribution in [0.15, 0.2) is 239 Å². The van der Waals surface area contributed by atoms with Crippen LogP contribution in [-0.4, -0.2) is 4.57 Å². The quantitative estimate of drug-likeness (QED) is 0.160. The van der Waals surface area contributed by atoms with Gasteiger partial charge in [0.2, 0.25) is 0 Å². The maximum Gasteiger partial charge on any atom is 0.145 e. The number of nitrogens with zero attached hydrogens (tertiary/aromatic N) is 2. The molecular formula is C60H38N2O2. The molecule has 64 heavy (non-hydrogen) atoms. The first kappa shape index (κ1) is 21.5. The van der Waals surface area contributed by atoms with Crippen molar-refractivity contribution >= 4 is 82.7 Å². The summed E-state index contributed by atoms with van der Waals surface area (Å²) in [7, 11) is 0. The van der Waals surface area contributed by atoms with Gasteiger partial charge in [0.25, 0.3) is 0 Å². The summed E-state index contributed by atoms with van der Waals surface area (Å²) >= 11 is 0. The van der Waals surface area contributed by atoms with Crippen LogP contribution in [0.4, 0.5) is 17.1 Å². The fraction of sp³-hybridized carbons (Fsp3) is 0. The van der Waals surface area contributed by atoms with Crippen LogP contribution < -0.4 is 4.90 Å². The lowest BCUT2D eigenvalue weighted by atomic mass is 9.96. The lowest BCUT2D eigenvalue weighted by molar-refractivity contribution is 0.669. The van der Waals surface area contributed by atoms with Crippen LogP contribution in [0.3, 0.4) is 0 Å².